The molecule has 6 nitrogen and oxygen atoms in total. The van der Waals surface area contributed by atoms with Crippen molar-refractivity contribution in [2.45, 2.75) is 25.3 Å². The molecule has 0 radical (unpaired) electrons. The summed E-state index contributed by atoms with van der Waals surface area (Å²) in [5, 5.41) is 0. The lowest BCUT2D eigenvalue weighted by molar-refractivity contribution is 0.295. The summed E-state index contributed by atoms with van der Waals surface area (Å²) in [6, 6.07) is 0. The van der Waals surface area contributed by atoms with Crippen molar-refractivity contribution in [2.75, 3.05) is 0 Å². The Hall–Kier alpha value is -2.11. The molecule has 0 atom stereocenters. The summed E-state index contributed by atoms with van der Waals surface area (Å²) in [6.07, 6.45) is 4.04. The first-order chi connectivity index (χ1) is 7.94. The van der Waals surface area contributed by atoms with Crippen LogP contribution in [0.25, 0.3) is 0 Å². The monoisotopic (exact) mass is 237 g/mol. The highest BCUT2D eigenvalue weighted by Gasteiger charge is 2.27. The minimum absolute atomic E-state index is 0.411. The Bertz CT molecular complexity index is 547. The van der Waals surface area contributed by atoms with Gasteiger partial charge in [-0.15, -0.1) is 13.2 Å². The fourth-order valence-electron chi connectivity index (χ4n) is 1.81. The molecule has 1 aromatic heterocycles. The number of H-pyrrole nitrogens is 2. The second-order valence-corrected chi connectivity index (χ2v) is 4.01. The number of aromatic amines is 2. The Morgan fingerprint density at radius 2 is 1.53 bits per heavy atom. The molecule has 0 aromatic carbocycles. The minimum Gasteiger partial charge on any atom is -0.259 e. The van der Waals surface area contributed by atoms with E-state index in [4.69, 9.17) is 0 Å². The van der Waals surface area contributed by atoms with E-state index in [-0.39, 0.29) is 0 Å². The molecule has 92 valence electrons. The van der Waals surface area contributed by atoms with Crippen molar-refractivity contribution in [3.8, 4) is 0 Å². The van der Waals surface area contributed by atoms with E-state index in [0.29, 0.717) is 12.8 Å². The zero-order valence-corrected chi connectivity index (χ0v) is 9.66. The standard InChI is InChI=1S/C11H15N3O3/c1-4-6-11(3,7-5-2)14-9(16)12-8(15)13-10(14)17/h4-5H,1-2,6-7H2,3H3,(H2,12,13,15,16,17). The van der Waals surface area contributed by atoms with Crippen LogP contribution in [0.3, 0.4) is 0 Å². The van der Waals surface area contributed by atoms with E-state index < -0.39 is 22.6 Å². The van der Waals surface area contributed by atoms with Gasteiger partial charge in [0.25, 0.3) is 0 Å². The molecule has 0 saturated heterocycles. The molecule has 0 spiro atoms. The summed E-state index contributed by atoms with van der Waals surface area (Å²) < 4.78 is 0.984. The quantitative estimate of drug-likeness (QED) is 0.711. The number of hydrogen-bond donors (Lipinski definition) is 2. The van der Waals surface area contributed by atoms with Crippen molar-refractivity contribution in [3.05, 3.63) is 56.8 Å². The Balaban J connectivity index is 3.54. The molecule has 1 aromatic rings. The minimum atomic E-state index is -0.809. The van der Waals surface area contributed by atoms with E-state index in [0.717, 1.165) is 4.57 Å². The number of nitrogens with zero attached hydrogens (tertiary/aromatic N) is 1. The summed E-state index contributed by atoms with van der Waals surface area (Å²) >= 11 is 0. The number of rotatable bonds is 5. The smallest absolute Gasteiger partial charge is 0.259 e. The van der Waals surface area contributed by atoms with Gasteiger partial charge in [-0.2, -0.15) is 0 Å². The molecule has 0 amide bonds. The maximum atomic E-state index is 11.7. The van der Waals surface area contributed by atoms with Crippen LogP contribution in [0.4, 0.5) is 0 Å². The van der Waals surface area contributed by atoms with Gasteiger partial charge in [0.05, 0.1) is 5.54 Å². The maximum absolute atomic E-state index is 11.7. The van der Waals surface area contributed by atoms with Crippen molar-refractivity contribution >= 4 is 0 Å². The molecule has 6 heteroatoms. The van der Waals surface area contributed by atoms with Gasteiger partial charge < -0.3 is 0 Å². The van der Waals surface area contributed by atoms with E-state index in [1.54, 1.807) is 19.1 Å². The highest BCUT2D eigenvalue weighted by atomic mass is 16.2. The highest BCUT2D eigenvalue weighted by molar-refractivity contribution is 4.95. The Kier molecular flexibility index (Phi) is 3.67. The second-order valence-electron chi connectivity index (χ2n) is 4.01. The molecule has 0 saturated carbocycles. The average Bonchev–Trinajstić information content (AvgIpc) is 2.15. The lowest BCUT2D eigenvalue weighted by Gasteiger charge is -2.27. The molecule has 0 bridgehead atoms. The van der Waals surface area contributed by atoms with E-state index >= 15 is 0 Å². The first-order valence-electron chi connectivity index (χ1n) is 5.12. The number of allylic oxidation sites excluding steroid dienone is 2. The van der Waals surface area contributed by atoms with Gasteiger partial charge in [-0.25, -0.2) is 19.0 Å². The van der Waals surface area contributed by atoms with Gasteiger partial charge in [0.1, 0.15) is 0 Å². The lowest BCUT2D eigenvalue weighted by Crippen LogP contribution is -2.51. The van der Waals surface area contributed by atoms with Crippen molar-refractivity contribution in [3.63, 3.8) is 0 Å². The molecule has 0 fully saturated rings. The Morgan fingerprint density at radius 1 is 1.12 bits per heavy atom. The fourth-order valence-corrected chi connectivity index (χ4v) is 1.81. The van der Waals surface area contributed by atoms with Gasteiger partial charge in [-0.3, -0.25) is 9.97 Å². The van der Waals surface area contributed by atoms with Crippen molar-refractivity contribution in [1.29, 1.82) is 0 Å². The van der Waals surface area contributed by atoms with E-state index in [1.165, 1.54) is 0 Å². The zero-order valence-electron chi connectivity index (χ0n) is 9.66. The van der Waals surface area contributed by atoms with Crippen LogP contribution in [-0.2, 0) is 5.54 Å². The molecule has 0 aliphatic rings. The van der Waals surface area contributed by atoms with Crippen LogP contribution in [0.15, 0.2) is 39.7 Å². The van der Waals surface area contributed by atoms with E-state index in [9.17, 15) is 14.4 Å². The summed E-state index contributed by atoms with van der Waals surface area (Å²) in [5.74, 6) is 0. The number of aromatic nitrogens is 3. The second kappa shape index (κ2) is 4.82. The lowest BCUT2D eigenvalue weighted by atomic mass is 9.93. The molecule has 2 N–H and O–H groups in total. The maximum Gasteiger partial charge on any atom is 0.334 e. The van der Waals surface area contributed by atoms with Crippen LogP contribution in [-0.4, -0.2) is 14.5 Å². The summed E-state index contributed by atoms with van der Waals surface area (Å²) in [7, 11) is 0. The van der Waals surface area contributed by atoms with Crippen LogP contribution in [0.2, 0.25) is 0 Å². The number of nitrogens with one attached hydrogen (secondary N) is 2. The Morgan fingerprint density at radius 3 is 1.88 bits per heavy atom. The topological polar surface area (TPSA) is 87.7 Å². The van der Waals surface area contributed by atoms with Crippen LogP contribution in [0.1, 0.15) is 19.8 Å². The molecular weight excluding hydrogens is 222 g/mol. The van der Waals surface area contributed by atoms with E-state index in [1.807, 2.05) is 9.97 Å². The van der Waals surface area contributed by atoms with Gasteiger partial charge >= 0.3 is 17.1 Å². The zero-order chi connectivity index (χ0) is 13.1. The fraction of sp³-hybridized carbons (Fsp3) is 0.364. The van der Waals surface area contributed by atoms with Crippen LogP contribution in [0, 0.1) is 0 Å². The van der Waals surface area contributed by atoms with Crippen LogP contribution in [0.5, 0.6) is 0 Å². The highest BCUT2D eigenvalue weighted by Crippen LogP contribution is 2.22. The van der Waals surface area contributed by atoms with Crippen molar-refractivity contribution in [1.82, 2.24) is 14.5 Å². The molecule has 1 heterocycles. The van der Waals surface area contributed by atoms with Crippen LogP contribution >= 0.6 is 0 Å². The predicted octanol–water partition coefficient (Wildman–Crippen LogP) is 0.0923. The molecule has 0 aliphatic heterocycles. The predicted molar refractivity (Wildman–Crippen MR) is 65.2 cm³/mol. The number of hydrogen-bond acceptors (Lipinski definition) is 3. The molecule has 0 unspecified atom stereocenters. The molecular formula is C11H15N3O3. The van der Waals surface area contributed by atoms with E-state index in [2.05, 4.69) is 13.2 Å². The van der Waals surface area contributed by atoms with Crippen LogP contribution < -0.4 is 17.1 Å². The summed E-state index contributed by atoms with van der Waals surface area (Å²) in [6.45, 7) is 8.92. The van der Waals surface area contributed by atoms with Gasteiger partial charge in [-0.1, -0.05) is 12.2 Å². The SMILES string of the molecule is C=CCC(C)(CC=C)n1c(=O)[nH]c(=O)[nH]c1=O. The molecule has 17 heavy (non-hydrogen) atoms. The normalized spacial score (nSPS) is 11.1. The largest absolute Gasteiger partial charge is 0.334 e. The molecule has 0 aliphatic carbocycles. The van der Waals surface area contributed by atoms with Gasteiger partial charge in [-0.05, 0) is 19.8 Å². The third kappa shape index (κ3) is 2.52. The summed E-state index contributed by atoms with van der Waals surface area (Å²) in [4.78, 5) is 38.4. The summed E-state index contributed by atoms with van der Waals surface area (Å²) in [5.41, 5.74) is -3.05. The third-order valence-corrected chi connectivity index (χ3v) is 2.56. The first-order valence-corrected chi connectivity index (χ1v) is 5.12. The van der Waals surface area contributed by atoms with Gasteiger partial charge in [0.15, 0.2) is 0 Å². The average molecular weight is 237 g/mol. The van der Waals surface area contributed by atoms with Crippen molar-refractivity contribution < 1.29 is 0 Å². The third-order valence-electron chi connectivity index (χ3n) is 2.56. The van der Waals surface area contributed by atoms with Gasteiger partial charge in [0.2, 0.25) is 0 Å². The van der Waals surface area contributed by atoms with Crippen molar-refractivity contribution in [2.24, 2.45) is 0 Å². The van der Waals surface area contributed by atoms with Gasteiger partial charge in [0, 0.05) is 0 Å². The Labute approximate surface area is 97.3 Å². The molecule has 1 rings (SSSR count). The first kappa shape index (κ1) is 13.0.